The molecule has 0 aliphatic carbocycles. The Kier molecular flexibility index (Phi) is 4.42. The van der Waals surface area contributed by atoms with Gasteiger partial charge >= 0.3 is 0 Å². The molecule has 2 N–H and O–H groups in total. The molecular weight excluding hydrogens is 308 g/mol. The van der Waals surface area contributed by atoms with Crippen molar-refractivity contribution in [2.45, 2.75) is 27.0 Å². The van der Waals surface area contributed by atoms with Crippen LogP contribution in [0.3, 0.4) is 0 Å². The largest absolute Gasteiger partial charge is 0.484 e. The van der Waals surface area contributed by atoms with Crippen LogP contribution >= 0.6 is 15.9 Å². The SMILES string of the molecule is CC(C)Cn1ncnc1COc1cccc(N)c1Br. The van der Waals surface area contributed by atoms with E-state index in [1.165, 1.54) is 0 Å². The lowest BCUT2D eigenvalue weighted by Gasteiger charge is -2.11. The summed E-state index contributed by atoms with van der Waals surface area (Å²) in [4.78, 5) is 4.22. The number of halogens is 1. The van der Waals surface area contributed by atoms with Crippen molar-refractivity contribution >= 4 is 21.6 Å². The number of hydrogen-bond donors (Lipinski definition) is 1. The van der Waals surface area contributed by atoms with E-state index < -0.39 is 0 Å². The highest BCUT2D eigenvalue weighted by molar-refractivity contribution is 9.10. The van der Waals surface area contributed by atoms with E-state index in [1.54, 1.807) is 6.33 Å². The van der Waals surface area contributed by atoms with Crippen LogP contribution in [0.1, 0.15) is 19.7 Å². The van der Waals surface area contributed by atoms with Gasteiger partial charge in [-0.15, -0.1) is 0 Å². The number of nitrogens with zero attached hydrogens (tertiary/aromatic N) is 3. The summed E-state index contributed by atoms with van der Waals surface area (Å²) in [5.74, 6) is 2.03. The Labute approximate surface area is 120 Å². The fraction of sp³-hybridized carbons (Fsp3) is 0.385. The summed E-state index contributed by atoms with van der Waals surface area (Å²) in [5, 5.41) is 4.20. The number of hydrogen-bond acceptors (Lipinski definition) is 4. The molecule has 5 nitrogen and oxygen atoms in total. The Bertz CT molecular complexity index is 553. The lowest BCUT2D eigenvalue weighted by atomic mass is 10.2. The molecular formula is C13H17BrN4O. The molecule has 102 valence electrons. The van der Waals surface area contributed by atoms with Crippen LogP contribution in [0.4, 0.5) is 5.69 Å². The number of nitrogen functional groups attached to an aromatic ring is 1. The van der Waals surface area contributed by atoms with Crippen LogP contribution in [-0.4, -0.2) is 14.8 Å². The maximum Gasteiger partial charge on any atom is 0.164 e. The highest BCUT2D eigenvalue weighted by Crippen LogP contribution is 2.30. The third-order valence-electron chi connectivity index (χ3n) is 2.58. The molecule has 0 radical (unpaired) electrons. The second kappa shape index (κ2) is 6.06. The van der Waals surface area contributed by atoms with Crippen molar-refractivity contribution in [3.05, 3.63) is 34.8 Å². The van der Waals surface area contributed by atoms with E-state index in [0.717, 1.165) is 16.8 Å². The standard InChI is InChI=1S/C13H17BrN4O/c1-9(2)6-18-12(16-8-17-18)7-19-11-5-3-4-10(15)13(11)14/h3-5,8-9H,6-7,15H2,1-2H3. The van der Waals surface area contributed by atoms with Gasteiger partial charge in [0, 0.05) is 12.2 Å². The van der Waals surface area contributed by atoms with Gasteiger partial charge in [-0.25, -0.2) is 9.67 Å². The fourth-order valence-corrected chi connectivity index (χ4v) is 2.06. The van der Waals surface area contributed by atoms with Crippen LogP contribution in [0, 0.1) is 5.92 Å². The van der Waals surface area contributed by atoms with E-state index in [0.29, 0.717) is 24.0 Å². The second-order valence-corrected chi connectivity index (χ2v) is 5.49. The summed E-state index contributed by atoms with van der Waals surface area (Å²) in [6.07, 6.45) is 1.55. The predicted molar refractivity (Wildman–Crippen MR) is 77.7 cm³/mol. The molecule has 0 amide bonds. The summed E-state index contributed by atoms with van der Waals surface area (Å²) < 4.78 is 8.37. The predicted octanol–water partition coefficient (Wildman–Crippen LogP) is 2.86. The van der Waals surface area contributed by atoms with Gasteiger partial charge in [-0.2, -0.15) is 5.10 Å². The van der Waals surface area contributed by atoms with E-state index in [1.807, 2.05) is 22.9 Å². The van der Waals surface area contributed by atoms with Crippen molar-refractivity contribution in [1.29, 1.82) is 0 Å². The Morgan fingerprint density at radius 3 is 2.95 bits per heavy atom. The van der Waals surface area contributed by atoms with Crippen LogP contribution in [0.15, 0.2) is 29.0 Å². The molecule has 2 rings (SSSR count). The average Bonchev–Trinajstić information content (AvgIpc) is 2.78. The molecule has 0 saturated carbocycles. The molecule has 1 heterocycles. The molecule has 0 unspecified atom stereocenters. The summed E-state index contributed by atoms with van der Waals surface area (Å²) in [6.45, 7) is 5.48. The lowest BCUT2D eigenvalue weighted by Crippen LogP contribution is -2.12. The molecule has 2 aromatic rings. The van der Waals surface area contributed by atoms with Gasteiger partial charge < -0.3 is 10.5 Å². The zero-order chi connectivity index (χ0) is 13.8. The summed E-state index contributed by atoms with van der Waals surface area (Å²) >= 11 is 3.41. The monoisotopic (exact) mass is 324 g/mol. The van der Waals surface area contributed by atoms with E-state index in [9.17, 15) is 0 Å². The van der Waals surface area contributed by atoms with Crippen LogP contribution in [0.5, 0.6) is 5.75 Å². The minimum Gasteiger partial charge on any atom is -0.484 e. The molecule has 0 spiro atoms. The van der Waals surface area contributed by atoms with Gasteiger partial charge in [0.15, 0.2) is 5.82 Å². The molecule has 0 bridgehead atoms. The van der Waals surface area contributed by atoms with Gasteiger partial charge in [-0.05, 0) is 34.0 Å². The number of anilines is 1. The smallest absolute Gasteiger partial charge is 0.164 e. The molecule has 0 fully saturated rings. The van der Waals surface area contributed by atoms with Gasteiger partial charge in [0.05, 0.1) is 4.47 Å². The molecule has 0 atom stereocenters. The fourth-order valence-electron chi connectivity index (χ4n) is 1.68. The van der Waals surface area contributed by atoms with Crippen molar-refractivity contribution in [2.75, 3.05) is 5.73 Å². The van der Waals surface area contributed by atoms with Crippen molar-refractivity contribution in [3.63, 3.8) is 0 Å². The van der Waals surface area contributed by atoms with Gasteiger partial charge in [0.2, 0.25) is 0 Å². The Hall–Kier alpha value is -1.56. The number of ether oxygens (including phenoxy) is 1. The first kappa shape index (κ1) is 13.9. The van der Waals surface area contributed by atoms with E-state index in [2.05, 4.69) is 39.9 Å². The number of nitrogens with two attached hydrogens (primary N) is 1. The maximum atomic E-state index is 5.81. The first-order valence-corrected chi connectivity index (χ1v) is 6.90. The third-order valence-corrected chi connectivity index (χ3v) is 3.43. The number of rotatable bonds is 5. The number of aromatic nitrogens is 3. The number of benzene rings is 1. The summed E-state index contributed by atoms with van der Waals surface area (Å²) in [5.41, 5.74) is 6.46. The van der Waals surface area contributed by atoms with E-state index in [-0.39, 0.29) is 0 Å². The molecule has 19 heavy (non-hydrogen) atoms. The molecule has 6 heteroatoms. The average molecular weight is 325 g/mol. The summed E-state index contributed by atoms with van der Waals surface area (Å²) in [6, 6.07) is 5.54. The van der Waals surface area contributed by atoms with Crippen LogP contribution in [-0.2, 0) is 13.2 Å². The van der Waals surface area contributed by atoms with Crippen molar-refractivity contribution < 1.29 is 4.74 Å². The Balaban J connectivity index is 2.06. The first-order valence-electron chi connectivity index (χ1n) is 6.11. The quantitative estimate of drug-likeness (QED) is 0.859. The minimum absolute atomic E-state index is 0.370. The zero-order valence-electron chi connectivity index (χ0n) is 11.0. The first-order chi connectivity index (χ1) is 9.08. The molecule has 1 aromatic carbocycles. The maximum absolute atomic E-state index is 5.81. The van der Waals surface area contributed by atoms with Crippen LogP contribution < -0.4 is 10.5 Å². The normalized spacial score (nSPS) is 10.9. The van der Waals surface area contributed by atoms with Crippen LogP contribution in [0.25, 0.3) is 0 Å². The van der Waals surface area contributed by atoms with Gasteiger partial charge in [-0.1, -0.05) is 19.9 Å². The van der Waals surface area contributed by atoms with Crippen LogP contribution in [0.2, 0.25) is 0 Å². The molecule has 0 aliphatic rings. The lowest BCUT2D eigenvalue weighted by molar-refractivity contribution is 0.281. The van der Waals surface area contributed by atoms with E-state index in [4.69, 9.17) is 10.5 Å². The highest BCUT2D eigenvalue weighted by atomic mass is 79.9. The second-order valence-electron chi connectivity index (χ2n) is 4.70. The molecule has 1 aromatic heterocycles. The third kappa shape index (κ3) is 3.47. The van der Waals surface area contributed by atoms with Gasteiger partial charge in [-0.3, -0.25) is 0 Å². The van der Waals surface area contributed by atoms with Crippen molar-refractivity contribution in [1.82, 2.24) is 14.8 Å². The van der Waals surface area contributed by atoms with Crippen molar-refractivity contribution in [3.8, 4) is 5.75 Å². The molecule has 0 saturated heterocycles. The van der Waals surface area contributed by atoms with E-state index >= 15 is 0 Å². The van der Waals surface area contributed by atoms with Crippen molar-refractivity contribution in [2.24, 2.45) is 5.92 Å². The van der Waals surface area contributed by atoms with Gasteiger partial charge in [0.25, 0.3) is 0 Å². The van der Waals surface area contributed by atoms with Gasteiger partial charge in [0.1, 0.15) is 18.7 Å². The Morgan fingerprint density at radius 1 is 1.42 bits per heavy atom. The minimum atomic E-state index is 0.370. The zero-order valence-corrected chi connectivity index (χ0v) is 12.6. The Morgan fingerprint density at radius 2 is 2.21 bits per heavy atom. The molecule has 0 aliphatic heterocycles. The topological polar surface area (TPSA) is 66.0 Å². The highest BCUT2D eigenvalue weighted by Gasteiger charge is 2.09. The summed E-state index contributed by atoms with van der Waals surface area (Å²) in [7, 11) is 0.